The van der Waals surface area contributed by atoms with Gasteiger partial charge in [0.2, 0.25) is 0 Å². The Morgan fingerprint density at radius 3 is 1.71 bits per heavy atom. The fourth-order valence-corrected chi connectivity index (χ4v) is 3.98. The summed E-state index contributed by atoms with van der Waals surface area (Å²) in [5, 5.41) is 10.3. The van der Waals surface area contributed by atoms with Gasteiger partial charge >= 0.3 is 11.9 Å². The van der Waals surface area contributed by atoms with Gasteiger partial charge in [0.15, 0.2) is 4.88 Å². The number of carbonyl (C=O) groups is 2. The summed E-state index contributed by atoms with van der Waals surface area (Å²) in [5.41, 5.74) is 0.459. The molecule has 0 radical (unpaired) electrons. The van der Waals surface area contributed by atoms with Gasteiger partial charge in [-0.3, -0.25) is 0 Å². The number of ether oxygens (including phenoxy) is 2. The third kappa shape index (κ3) is 6.06. The van der Waals surface area contributed by atoms with E-state index in [2.05, 4.69) is 39.3 Å². The molecule has 1 aromatic rings. The van der Waals surface area contributed by atoms with Gasteiger partial charge in [0.25, 0.3) is 0 Å². The number of hydrogen-bond acceptors (Lipinski definition) is 6. The van der Waals surface area contributed by atoms with Crippen molar-refractivity contribution >= 4 is 39.4 Å². The van der Waals surface area contributed by atoms with Gasteiger partial charge in [0.1, 0.15) is 10.6 Å². The summed E-state index contributed by atoms with van der Waals surface area (Å²) in [5.74, 6) is -1.19. The smallest absolute Gasteiger partial charge is 0.351 e. The summed E-state index contributed by atoms with van der Waals surface area (Å²) in [6.07, 6.45) is 1.23. The molecule has 0 aliphatic carbocycles. The normalized spacial score (nSPS) is 12.1. The van der Waals surface area contributed by atoms with Crippen LogP contribution in [-0.4, -0.2) is 45.7 Å². The number of esters is 2. The van der Waals surface area contributed by atoms with E-state index in [1.165, 1.54) is 0 Å². The number of thiophene rings is 1. The number of rotatable bonds is 7. The molecule has 0 bridgehead atoms. The molecule has 0 spiro atoms. The van der Waals surface area contributed by atoms with E-state index in [1.807, 2.05) is 6.92 Å². The Bertz CT molecular complexity index is 611. The molecule has 0 atom stereocenters. The van der Waals surface area contributed by atoms with Crippen LogP contribution >= 0.6 is 11.3 Å². The first-order chi connectivity index (χ1) is 10.9. The lowest BCUT2D eigenvalue weighted by Gasteiger charge is -2.15. The highest BCUT2D eigenvalue weighted by molar-refractivity contribution is 7.16. The molecule has 1 N–H and O–H groups in total. The van der Waals surface area contributed by atoms with Crippen molar-refractivity contribution in [3.05, 3.63) is 15.3 Å². The van der Waals surface area contributed by atoms with Crippen LogP contribution in [-0.2, 0) is 15.9 Å². The lowest BCUT2D eigenvalue weighted by molar-refractivity contribution is 0.0560. The average Bonchev–Trinajstić information content (AvgIpc) is 2.77. The second kappa shape index (κ2) is 7.84. The Hall–Kier alpha value is -1.13. The first-order valence-corrected chi connectivity index (χ1v) is 16.3. The first-order valence-electron chi connectivity index (χ1n) is 8.04. The van der Waals surface area contributed by atoms with E-state index in [0.717, 1.165) is 11.3 Å². The Kier molecular flexibility index (Phi) is 6.83. The molecule has 0 aliphatic rings. The summed E-state index contributed by atoms with van der Waals surface area (Å²) < 4.78 is 10.7. The van der Waals surface area contributed by atoms with Crippen LogP contribution in [0.15, 0.2) is 0 Å². The maximum Gasteiger partial charge on any atom is 0.351 e. The second-order valence-corrected chi connectivity index (χ2v) is 20.1. The molecule has 1 rings (SSSR count). The predicted molar refractivity (Wildman–Crippen MR) is 103 cm³/mol. The van der Waals surface area contributed by atoms with E-state index in [-0.39, 0.29) is 10.6 Å². The van der Waals surface area contributed by atoms with Crippen molar-refractivity contribution < 1.29 is 24.2 Å². The predicted octanol–water partition coefficient (Wildman–Crippen LogP) is 4.08. The molecule has 24 heavy (non-hydrogen) atoms. The van der Waals surface area contributed by atoms with Gasteiger partial charge in [-0.1, -0.05) is 46.2 Å². The first kappa shape index (κ1) is 20.9. The molecule has 1 heterocycles. The van der Waals surface area contributed by atoms with Crippen LogP contribution in [0, 0.1) is 0 Å². The van der Waals surface area contributed by atoms with Gasteiger partial charge in [-0.25, -0.2) is 9.59 Å². The molecular formula is C16H28O5SSi2. The topological polar surface area (TPSA) is 72.8 Å². The minimum Gasteiger partial charge on any atom is -0.506 e. The van der Waals surface area contributed by atoms with Crippen molar-refractivity contribution in [2.75, 3.05) is 12.5 Å². The zero-order chi connectivity index (χ0) is 18.7. The second-order valence-electron chi connectivity index (χ2n) is 8.21. The summed E-state index contributed by atoms with van der Waals surface area (Å²) >= 11 is 0.960. The van der Waals surface area contributed by atoms with E-state index >= 15 is 0 Å². The van der Waals surface area contributed by atoms with Gasteiger partial charge in [-0.2, -0.15) is 0 Å². The zero-order valence-corrected chi connectivity index (χ0v) is 18.4. The Morgan fingerprint density at radius 2 is 1.33 bits per heavy atom. The lowest BCUT2D eigenvalue weighted by atomic mass is 10.1. The highest BCUT2D eigenvalue weighted by Crippen LogP contribution is 2.36. The van der Waals surface area contributed by atoms with Gasteiger partial charge < -0.3 is 14.6 Å². The van der Waals surface area contributed by atoms with E-state index < -0.39 is 28.1 Å². The highest BCUT2D eigenvalue weighted by Gasteiger charge is 2.29. The summed E-state index contributed by atoms with van der Waals surface area (Å²) in [4.78, 5) is 25.0. The average molecular weight is 389 g/mol. The molecule has 0 saturated heterocycles. The van der Waals surface area contributed by atoms with Crippen molar-refractivity contribution in [3.63, 3.8) is 0 Å². The van der Waals surface area contributed by atoms with E-state index in [4.69, 9.17) is 9.47 Å². The van der Waals surface area contributed by atoms with Gasteiger partial charge in [-0.05, 0) is 6.42 Å². The molecule has 0 fully saturated rings. The maximum absolute atomic E-state index is 12.3. The monoisotopic (exact) mass is 388 g/mol. The van der Waals surface area contributed by atoms with Crippen molar-refractivity contribution in [3.8, 4) is 5.75 Å². The quantitative estimate of drug-likeness (QED) is 0.563. The summed E-state index contributed by atoms with van der Waals surface area (Å²) in [6, 6.07) is 0. The van der Waals surface area contributed by atoms with E-state index in [1.54, 1.807) is 0 Å². The van der Waals surface area contributed by atoms with Crippen LogP contribution in [0.2, 0.25) is 39.3 Å². The van der Waals surface area contributed by atoms with E-state index in [9.17, 15) is 14.7 Å². The van der Waals surface area contributed by atoms with Crippen LogP contribution in [0.25, 0.3) is 0 Å². The molecule has 0 amide bonds. The molecule has 0 aliphatic heterocycles. The number of hydrogen-bond donors (Lipinski definition) is 1. The molecule has 0 aromatic carbocycles. The van der Waals surface area contributed by atoms with E-state index in [0.29, 0.717) is 29.3 Å². The fourth-order valence-electron chi connectivity index (χ4n) is 1.78. The van der Waals surface area contributed by atoms with Crippen LogP contribution < -0.4 is 0 Å². The molecule has 136 valence electrons. The fraction of sp³-hybridized carbons (Fsp3) is 0.625. The third-order valence-electron chi connectivity index (χ3n) is 2.98. The van der Waals surface area contributed by atoms with Crippen LogP contribution in [0.5, 0.6) is 5.75 Å². The van der Waals surface area contributed by atoms with Crippen molar-refractivity contribution in [2.45, 2.75) is 52.6 Å². The molecule has 0 unspecified atom stereocenters. The highest BCUT2D eigenvalue weighted by atomic mass is 32.1. The Morgan fingerprint density at radius 1 is 0.917 bits per heavy atom. The molecule has 1 aromatic heterocycles. The standard InChI is InChI=1S/C16H28O5SSi2/c1-8-11-12(17)14(16(19)21-10-24(5,6)7)22-13(11)15(18)20-9-23(2,3)4/h17H,8-10H2,1-7H3. The van der Waals surface area contributed by atoms with Crippen LogP contribution in [0.4, 0.5) is 0 Å². The number of aromatic hydroxyl groups is 1. The molecule has 8 heteroatoms. The van der Waals surface area contributed by atoms with Gasteiger partial charge in [0.05, 0.1) is 28.6 Å². The SMILES string of the molecule is CCc1c(C(=O)OC[Si](C)(C)C)sc(C(=O)OC[Si](C)(C)C)c1O. The van der Waals surface area contributed by atoms with Gasteiger partial charge in [-0.15, -0.1) is 11.3 Å². The zero-order valence-electron chi connectivity index (χ0n) is 15.6. The summed E-state index contributed by atoms with van der Waals surface area (Å²) in [6.45, 7) is 14.4. The minimum absolute atomic E-state index is 0.0880. The third-order valence-corrected chi connectivity index (χ3v) is 6.18. The number of carbonyl (C=O) groups excluding carboxylic acids is 2. The van der Waals surface area contributed by atoms with Crippen molar-refractivity contribution in [2.24, 2.45) is 0 Å². The van der Waals surface area contributed by atoms with Crippen molar-refractivity contribution in [1.29, 1.82) is 0 Å². The minimum atomic E-state index is -1.55. The van der Waals surface area contributed by atoms with Crippen LogP contribution in [0.3, 0.4) is 0 Å². The lowest BCUT2D eigenvalue weighted by Crippen LogP contribution is -2.29. The molecule has 0 saturated carbocycles. The Balaban J connectivity index is 3.00. The van der Waals surface area contributed by atoms with Gasteiger partial charge in [0, 0.05) is 5.56 Å². The Labute approximate surface area is 150 Å². The summed E-state index contributed by atoms with van der Waals surface area (Å²) in [7, 11) is -3.08. The molecular weight excluding hydrogens is 360 g/mol. The largest absolute Gasteiger partial charge is 0.506 e. The maximum atomic E-state index is 12.3. The van der Waals surface area contributed by atoms with Crippen LogP contribution in [0.1, 0.15) is 31.8 Å². The molecule has 5 nitrogen and oxygen atoms in total. The van der Waals surface area contributed by atoms with Crippen molar-refractivity contribution in [1.82, 2.24) is 0 Å².